The van der Waals surface area contributed by atoms with Crippen molar-refractivity contribution in [3.8, 4) is 11.8 Å². The molecule has 0 unspecified atom stereocenters. The fraction of sp³-hybridized carbons (Fsp3) is 0.409. The summed E-state index contributed by atoms with van der Waals surface area (Å²) >= 11 is 0. The third-order valence-corrected chi connectivity index (χ3v) is 4.99. The van der Waals surface area contributed by atoms with Gasteiger partial charge in [-0.15, -0.1) is 5.92 Å². The molecule has 176 valence electrons. The molecule has 0 spiro atoms. The molecule has 1 fully saturated rings. The van der Waals surface area contributed by atoms with Gasteiger partial charge in [0.2, 0.25) is 0 Å². The molecule has 0 aliphatic carbocycles. The lowest BCUT2D eigenvalue weighted by molar-refractivity contribution is -0.139. The average molecular weight is 466 g/mol. The van der Waals surface area contributed by atoms with Crippen LogP contribution in [-0.2, 0) is 15.7 Å². The first-order chi connectivity index (χ1) is 15.7. The van der Waals surface area contributed by atoms with E-state index in [1.807, 2.05) is 6.92 Å². The Hall–Kier alpha value is -3.20. The Morgan fingerprint density at radius 3 is 2.55 bits per heavy atom. The van der Waals surface area contributed by atoms with Crippen molar-refractivity contribution in [3.63, 3.8) is 0 Å². The van der Waals surface area contributed by atoms with Crippen LogP contribution in [-0.4, -0.2) is 45.6 Å². The molecule has 11 heteroatoms. The van der Waals surface area contributed by atoms with Gasteiger partial charge in [-0.05, 0) is 12.1 Å². The maximum Gasteiger partial charge on any atom is 0.423 e. The molecule has 1 aromatic carbocycles. The van der Waals surface area contributed by atoms with Gasteiger partial charge in [-0.1, -0.05) is 31.0 Å². The monoisotopic (exact) mass is 466 g/mol. The zero-order chi connectivity index (χ0) is 24.2. The van der Waals surface area contributed by atoms with Crippen LogP contribution in [0.25, 0.3) is 0 Å². The van der Waals surface area contributed by atoms with Crippen molar-refractivity contribution < 1.29 is 32.5 Å². The van der Waals surface area contributed by atoms with Gasteiger partial charge in [-0.2, -0.15) is 17.7 Å². The number of carbonyl (C=O) groups excluding carboxylic acids is 1. The van der Waals surface area contributed by atoms with E-state index in [0.717, 1.165) is 0 Å². The third kappa shape index (κ3) is 5.24. The van der Waals surface area contributed by atoms with Gasteiger partial charge in [-0.25, -0.2) is 4.79 Å². The molecule has 1 aliphatic rings. The Balaban J connectivity index is 2.06. The number of alkyl halides is 3. The molecular formula is C22H21F3N2O6. The van der Waals surface area contributed by atoms with Crippen LogP contribution in [0.15, 0.2) is 46.1 Å². The molecule has 0 radical (unpaired) electrons. The van der Waals surface area contributed by atoms with Crippen LogP contribution in [0.3, 0.4) is 0 Å². The summed E-state index contributed by atoms with van der Waals surface area (Å²) in [4.78, 5) is 38.3. The van der Waals surface area contributed by atoms with E-state index in [1.54, 1.807) is 6.07 Å². The third-order valence-electron chi connectivity index (χ3n) is 4.99. The molecular weight excluding hydrogens is 445 g/mol. The highest BCUT2D eigenvalue weighted by molar-refractivity contribution is 5.95. The number of rotatable bonds is 5. The summed E-state index contributed by atoms with van der Waals surface area (Å²) in [6, 6.07) is 7.00. The van der Waals surface area contributed by atoms with Crippen molar-refractivity contribution in [1.29, 1.82) is 0 Å². The van der Waals surface area contributed by atoms with E-state index in [9.17, 15) is 32.7 Å². The molecule has 8 nitrogen and oxygen atoms in total. The minimum Gasteiger partial charge on any atom is -0.394 e. The predicted molar refractivity (Wildman–Crippen MR) is 110 cm³/mol. The summed E-state index contributed by atoms with van der Waals surface area (Å²) in [5.41, 5.74) is -4.92. The topological polar surface area (TPSA) is 99.8 Å². The fourth-order valence-electron chi connectivity index (χ4n) is 3.40. The van der Waals surface area contributed by atoms with Crippen molar-refractivity contribution >= 4 is 5.91 Å². The van der Waals surface area contributed by atoms with Crippen molar-refractivity contribution in [3.05, 3.63) is 68.5 Å². The van der Waals surface area contributed by atoms with Crippen LogP contribution < -0.4 is 11.2 Å². The summed E-state index contributed by atoms with van der Waals surface area (Å²) in [5, 5.41) is 9.57. The molecule has 0 amide bonds. The normalized spacial score (nSPS) is 20.3. The number of halogens is 3. The van der Waals surface area contributed by atoms with Crippen LogP contribution in [0, 0.1) is 11.8 Å². The average Bonchev–Trinajstić information content (AvgIpc) is 3.19. The molecule has 0 saturated carbocycles. The Kier molecular flexibility index (Phi) is 7.53. The minimum absolute atomic E-state index is 0.000221. The highest BCUT2D eigenvalue weighted by Crippen LogP contribution is 2.31. The van der Waals surface area contributed by atoms with E-state index in [4.69, 9.17) is 9.47 Å². The molecule has 33 heavy (non-hydrogen) atoms. The van der Waals surface area contributed by atoms with Crippen molar-refractivity contribution in [2.24, 2.45) is 0 Å². The van der Waals surface area contributed by atoms with Gasteiger partial charge < -0.3 is 14.6 Å². The van der Waals surface area contributed by atoms with Gasteiger partial charge in [0.1, 0.15) is 24.5 Å². The number of aliphatic hydroxyl groups excluding tert-OH is 1. The molecule has 3 atom stereocenters. The van der Waals surface area contributed by atoms with Crippen LogP contribution in [0.1, 0.15) is 41.9 Å². The largest absolute Gasteiger partial charge is 0.423 e. The first kappa shape index (κ1) is 24.4. The molecule has 3 rings (SSSR count). The zero-order valence-corrected chi connectivity index (χ0v) is 17.5. The summed E-state index contributed by atoms with van der Waals surface area (Å²) in [7, 11) is 0. The maximum atomic E-state index is 13.6. The Bertz CT molecular complexity index is 1180. The molecule has 1 N–H and O–H groups in total. The number of ether oxygens (including phenoxy) is 2. The molecule has 1 aromatic heterocycles. The SMILES string of the molecule is CCC#CCO[C@H]1C[C@H](n2cc(C(F)(F)F)c(=O)n(C(=O)c3ccccc3)c2=O)O[C@@H]1CO. The van der Waals surface area contributed by atoms with Gasteiger partial charge >= 0.3 is 11.9 Å². The van der Waals surface area contributed by atoms with Gasteiger partial charge in [-0.3, -0.25) is 14.2 Å². The molecule has 0 bridgehead atoms. The highest BCUT2D eigenvalue weighted by Gasteiger charge is 2.41. The van der Waals surface area contributed by atoms with E-state index in [-0.39, 0.29) is 23.2 Å². The molecule has 2 aromatic rings. The number of hydrogen-bond donors (Lipinski definition) is 1. The number of benzene rings is 1. The van der Waals surface area contributed by atoms with E-state index in [1.165, 1.54) is 24.3 Å². The van der Waals surface area contributed by atoms with E-state index in [2.05, 4.69) is 11.8 Å². The second-order valence-electron chi connectivity index (χ2n) is 7.15. The van der Waals surface area contributed by atoms with Crippen LogP contribution in [0.5, 0.6) is 0 Å². The summed E-state index contributed by atoms with van der Waals surface area (Å²) < 4.78 is 52.3. The van der Waals surface area contributed by atoms with Gasteiger partial charge in [0.05, 0.1) is 12.7 Å². The number of hydrogen-bond acceptors (Lipinski definition) is 6. The Morgan fingerprint density at radius 2 is 1.94 bits per heavy atom. The summed E-state index contributed by atoms with van der Waals surface area (Å²) in [6.45, 7) is 1.32. The summed E-state index contributed by atoms with van der Waals surface area (Å²) in [6.07, 6.45) is -7.32. The van der Waals surface area contributed by atoms with E-state index < -0.39 is 53.9 Å². The van der Waals surface area contributed by atoms with Crippen LogP contribution in [0.2, 0.25) is 0 Å². The highest BCUT2D eigenvalue weighted by atomic mass is 19.4. The fourth-order valence-corrected chi connectivity index (χ4v) is 3.40. The molecule has 1 saturated heterocycles. The number of aromatic nitrogens is 2. The number of aliphatic hydroxyl groups is 1. The first-order valence-electron chi connectivity index (χ1n) is 10.1. The Morgan fingerprint density at radius 1 is 1.24 bits per heavy atom. The van der Waals surface area contributed by atoms with Gasteiger partial charge in [0, 0.05) is 24.6 Å². The lowest BCUT2D eigenvalue weighted by atomic mass is 10.2. The smallest absolute Gasteiger partial charge is 0.394 e. The van der Waals surface area contributed by atoms with Gasteiger partial charge in [0.15, 0.2) is 0 Å². The quantitative estimate of drug-likeness (QED) is 0.675. The predicted octanol–water partition coefficient (Wildman–Crippen LogP) is 1.80. The number of nitrogens with zero attached hydrogens (tertiary/aromatic N) is 2. The Labute approximate surface area is 186 Å². The van der Waals surface area contributed by atoms with Crippen LogP contribution in [0.4, 0.5) is 13.2 Å². The minimum atomic E-state index is -5.13. The number of carbonyl (C=O) groups is 1. The van der Waals surface area contributed by atoms with Crippen molar-refractivity contribution in [2.45, 2.75) is 44.4 Å². The molecule has 2 heterocycles. The second kappa shape index (κ2) is 10.2. The lowest BCUT2D eigenvalue weighted by Crippen LogP contribution is -2.47. The van der Waals surface area contributed by atoms with Crippen LogP contribution >= 0.6 is 0 Å². The van der Waals surface area contributed by atoms with E-state index in [0.29, 0.717) is 17.2 Å². The standard InChI is InChI=1S/C22H21F3N2O6/c1-2-3-7-10-32-16-11-18(33-17(16)13-28)26-12-15(22(23,24)25)20(30)27(21(26)31)19(29)14-8-5-4-6-9-14/h4-6,8-9,12,16-18,28H,2,10-11,13H2,1H3/t16-,17+,18+/m0/s1. The second-order valence-corrected chi connectivity index (χ2v) is 7.15. The lowest BCUT2D eigenvalue weighted by Gasteiger charge is -2.18. The van der Waals surface area contributed by atoms with Crippen molar-refractivity contribution in [2.75, 3.05) is 13.2 Å². The van der Waals surface area contributed by atoms with E-state index >= 15 is 0 Å². The van der Waals surface area contributed by atoms with Crippen molar-refractivity contribution in [1.82, 2.24) is 9.13 Å². The first-order valence-corrected chi connectivity index (χ1v) is 10.1. The zero-order valence-electron chi connectivity index (χ0n) is 17.5. The summed E-state index contributed by atoms with van der Waals surface area (Å²) in [5.74, 6) is 4.32. The maximum absolute atomic E-state index is 13.6. The molecule has 1 aliphatic heterocycles. The van der Waals surface area contributed by atoms with Gasteiger partial charge in [0.25, 0.3) is 11.5 Å².